The maximum Gasteiger partial charge on any atom is 0.187 e. The molecule has 0 unspecified atom stereocenters. The lowest BCUT2D eigenvalue weighted by Crippen LogP contribution is -2.31. The number of halogens is 3. The topological polar surface area (TPSA) is 65.4 Å². The molecule has 0 aliphatic carbocycles. The molecule has 5 nitrogen and oxygen atoms in total. The second-order valence-electron chi connectivity index (χ2n) is 7.44. The van der Waals surface area contributed by atoms with Gasteiger partial charge >= 0.3 is 0 Å². The van der Waals surface area contributed by atoms with Crippen molar-refractivity contribution in [2.24, 2.45) is 5.92 Å². The number of aromatic nitrogens is 1. The van der Waals surface area contributed by atoms with E-state index in [0.29, 0.717) is 19.3 Å². The highest BCUT2D eigenvalue weighted by Gasteiger charge is 2.29. The molecule has 1 fully saturated rings. The van der Waals surface area contributed by atoms with Crippen LogP contribution in [0.1, 0.15) is 12.0 Å². The number of carbonyl (C=O) groups excluding carboxylic acids is 1. The van der Waals surface area contributed by atoms with Gasteiger partial charge in [-0.25, -0.2) is 17.2 Å². The Morgan fingerprint density at radius 3 is 2.63 bits per heavy atom. The monoisotopic (exact) mass is 497 g/mol. The minimum atomic E-state index is -4.11. The van der Waals surface area contributed by atoms with Crippen LogP contribution < -0.4 is 0 Å². The molecule has 30 heavy (non-hydrogen) atoms. The van der Waals surface area contributed by atoms with Crippen molar-refractivity contribution in [3.8, 4) is 0 Å². The van der Waals surface area contributed by atoms with Gasteiger partial charge in [-0.1, -0.05) is 28.1 Å². The number of hydrogen-bond donors (Lipinski definition) is 0. The predicted molar refractivity (Wildman–Crippen MR) is 111 cm³/mol. The fourth-order valence-corrected chi connectivity index (χ4v) is 5.52. The van der Waals surface area contributed by atoms with E-state index in [0.717, 1.165) is 16.1 Å². The summed E-state index contributed by atoms with van der Waals surface area (Å²) >= 11 is 3.37. The molecule has 0 spiro atoms. The molecule has 158 valence electrons. The van der Waals surface area contributed by atoms with Gasteiger partial charge in [0.1, 0.15) is 23.2 Å². The highest BCUT2D eigenvalue weighted by Crippen LogP contribution is 2.31. The number of fused-ring (bicyclic) bond motifs is 1. The van der Waals surface area contributed by atoms with Crippen LogP contribution in [0.3, 0.4) is 0 Å². The van der Waals surface area contributed by atoms with E-state index in [1.54, 1.807) is 0 Å². The number of ketones is 1. The van der Waals surface area contributed by atoms with Crippen molar-refractivity contribution >= 4 is 42.5 Å². The molecule has 0 radical (unpaired) electrons. The second kappa shape index (κ2) is 8.20. The highest BCUT2D eigenvalue weighted by atomic mass is 79.9. The Morgan fingerprint density at radius 2 is 1.97 bits per heavy atom. The molecule has 1 aliphatic heterocycles. The lowest BCUT2D eigenvalue weighted by molar-refractivity contribution is -0.122. The van der Waals surface area contributed by atoms with Crippen molar-refractivity contribution in [3.05, 3.63) is 64.3 Å². The van der Waals surface area contributed by atoms with E-state index < -0.39 is 33.0 Å². The van der Waals surface area contributed by atoms with Gasteiger partial charge in [0, 0.05) is 35.6 Å². The summed E-state index contributed by atoms with van der Waals surface area (Å²) in [4.78, 5) is 11.9. The number of carbonyl (C=O) groups is 1. The van der Waals surface area contributed by atoms with Gasteiger partial charge in [0.15, 0.2) is 9.84 Å². The fourth-order valence-electron chi connectivity index (χ4n) is 3.58. The van der Waals surface area contributed by atoms with E-state index in [9.17, 15) is 22.0 Å². The predicted octanol–water partition coefficient (Wildman–Crippen LogP) is 4.11. The molecule has 1 aliphatic rings. The van der Waals surface area contributed by atoms with Crippen LogP contribution in [0.25, 0.3) is 10.9 Å². The zero-order valence-electron chi connectivity index (χ0n) is 15.8. The molecule has 2 aromatic carbocycles. The maximum atomic E-state index is 14.6. The molecule has 1 aromatic heterocycles. The zero-order valence-corrected chi connectivity index (χ0v) is 18.2. The van der Waals surface area contributed by atoms with Gasteiger partial charge in [0.2, 0.25) is 0 Å². The molecule has 0 bridgehead atoms. The van der Waals surface area contributed by atoms with Crippen molar-refractivity contribution in [2.75, 3.05) is 19.0 Å². The third kappa shape index (κ3) is 4.33. The largest absolute Gasteiger partial charge is 0.381 e. The maximum absolute atomic E-state index is 14.6. The summed E-state index contributed by atoms with van der Waals surface area (Å²) in [6, 6.07) is 9.06. The summed E-state index contributed by atoms with van der Waals surface area (Å²) in [7, 11) is -4.11. The second-order valence-corrected chi connectivity index (χ2v) is 10.3. The van der Waals surface area contributed by atoms with Crippen molar-refractivity contribution in [1.82, 2.24) is 4.57 Å². The smallest absolute Gasteiger partial charge is 0.187 e. The van der Waals surface area contributed by atoms with E-state index in [-0.39, 0.29) is 34.7 Å². The molecule has 0 saturated carbocycles. The van der Waals surface area contributed by atoms with E-state index in [1.807, 2.05) is 24.3 Å². The summed E-state index contributed by atoms with van der Waals surface area (Å²) < 4.78 is 61.8. The first-order valence-corrected chi connectivity index (χ1v) is 11.7. The van der Waals surface area contributed by atoms with Crippen LogP contribution in [0.2, 0.25) is 0 Å². The molecular weight excluding hydrogens is 480 g/mol. The molecule has 4 rings (SSSR count). The van der Waals surface area contributed by atoms with Crippen LogP contribution in [0, 0.1) is 17.6 Å². The number of benzene rings is 2. The third-order valence-corrected chi connectivity index (χ3v) is 7.19. The van der Waals surface area contributed by atoms with Gasteiger partial charge in [-0.2, -0.15) is 0 Å². The van der Waals surface area contributed by atoms with Crippen molar-refractivity contribution in [1.29, 1.82) is 0 Å². The van der Waals surface area contributed by atoms with Crippen molar-refractivity contribution in [2.45, 2.75) is 17.9 Å². The molecule has 0 amide bonds. The molecule has 2 heterocycles. The van der Waals surface area contributed by atoms with E-state index in [4.69, 9.17) is 4.74 Å². The van der Waals surface area contributed by atoms with Gasteiger partial charge < -0.3 is 9.30 Å². The van der Waals surface area contributed by atoms with E-state index in [1.165, 1.54) is 10.8 Å². The molecule has 9 heteroatoms. The highest BCUT2D eigenvalue weighted by molar-refractivity contribution is 9.10. The third-order valence-electron chi connectivity index (χ3n) is 5.01. The Labute approximate surface area is 180 Å². The van der Waals surface area contributed by atoms with Gasteiger partial charge in [-0.3, -0.25) is 4.79 Å². The first kappa shape index (κ1) is 21.1. The van der Waals surface area contributed by atoms with Gasteiger partial charge in [0.05, 0.1) is 29.0 Å². The normalized spacial score (nSPS) is 14.8. The van der Waals surface area contributed by atoms with Crippen LogP contribution in [-0.4, -0.2) is 37.7 Å². The van der Waals surface area contributed by atoms with Crippen molar-refractivity contribution < 1.29 is 26.7 Å². The first-order chi connectivity index (χ1) is 14.2. The standard InChI is InChI=1S/C21H18BrF2NO4S/c22-15-3-1-2-13(4-15)8-25-9-20(21-18(24)6-16(23)7-19(21)25)30(27,28)12-17(26)5-14-10-29-11-14/h1-4,6-7,9,14H,5,8,10-12H2. The summed E-state index contributed by atoms with van der Waals surface area (Å²) in [5, 5.41) is -0.203. The zero-order chi connectivity index (χ0) is 21.5. The average Bonchev–Trinajstić information content (AvgIpc) is 2.97. The Balaban J connectivity index is 1.74. The summed E-state index contributed by atoms with van der Waals surface area (Å²) in [5.41, 5.74) is 0.932. The van der Waals surface area contributed by atoms with Crippen LogP contribution >= 0.6 is 15.9 Å². The lowest BCUT2D eigenvalue weighted by atomic mass is 10.0. The number of sulfone groups is 1. The number of hydrogen-bond acceptors (Lipinski definition) is 4. The van der Waals surface area contributed by atoms with Crippen LogP contribution in [0.15, 0.2) is 52.0 Å². The summed E-state index contributed by atoms with van der Waals surface area (Å²) in [6.45, 7) is 1.08. The number of rotatable bonds is 7. The quantitative estimate of drug-likeness (QED) is 0.492. The molecule has 1 saturated heterocycles. The Bertz CT molecular complexity index is 1240. The molecule has 3 aromatic rings. The average molecular weight is 498 g/mol. The SMILES string of the molecule is O=C(CC1COC1)CS(=O)(=O)c1cn(Cc2cccc(Br)c2)c2cc(F)cc(F)c12. The van der Waals surface area contributed by atoms with E-state index >= 15 is 0 Å². The minimum Gasteiger partial charge on any atom is -0.381 e. The summed E-state index contributed by atoms with van der Waals surface area (Å²) in [5.74, 6) is -2.93. The molecule has 0 atom stereocenters. The number of Topliss-reactive ketones (excluding diaryl/α,β-unsaturated/α-hetero) is 1. The van der Waals surface area contributed by atoms with Gasteiger partial charge in [0.25, 0.3) is 0 Å². The van der Waals surface area contributed by atoms with Crippen LogP contribution in [0.4, 0.5) is 8.78 Å². The van der Waals surface area contributed by atoms with Gasteiger partial charge in [-0.15, -0.1) is 0 Å². The first-order valence-electron chi connectivity index (χ1n) is 9.27. The number of nitrogens with zero attached hydrogens (tertiary/aromatic N) is 1. The Morgan fingerprint density at radius 1 is 1.20 bits per heavy atom. The molecule has 0 N–H and O–H groups in total. The Hall–Kier alpha value is -2.10. The Kier molecular flexibility index (Phi) is 5.78. The van der Waals surface area contributed by atoms with Crippen molar-refractivity contribution in [3.63, 3.8) is 0 Å². The lowest BCUT2D eigenvalue weighted by Gasteiger charge is -2.24. The fraction of sp³-hybridized carbons (Fsp3) is 0.286. The van der Waals surface area contributed by atoms with Crippen LogP contribution in [-0.2, 0) is 25.9 Å². The van der Waals surface area contributed by atoms with E-state index in [2.05, 4.69) is 15.9 Å². The minimum absolute atomic E-state index is 0.0244. The van der Waals surface area contributed by atoms with Gasteiger partial charge in [-0.05, 0) is 23.8 Å². The molecular formula is C21H18BrF2NO4S. The van der Waals surface area contributed by atoms with Crippen LogP contribution in [0.5, 0.6) is 0 Å². The summed E-state index contributed by atoms with van der Waals surface area (Å²) in [6.07, 6.45) is 1.39. The number of ether oxygens (including phenoxy) is 1.